The zero-order valence-electron chi connectivity index (χ0n) is 16.9. The van der Waals surface area contributed by atoms with Gasteiger partial charge in [-0.1, -0.05) is 37.0 Å². The van der Waals surface area contributed by atoms with E-state index in [-0.39, 0.29) is 5.75 Å². The van der Waals surface area contributed by atoms with Crippen molar-refractivity contribution in [3.05, 3.63) is 82.9 Å². The number of benzene rings is 3. The fraction of sp³-hybridized carbons (Fsp3) is 0.160. The lowest BCUT2D eigenvalue weighted by Gasteiger charge is -2.10. The second kappa shape index (κ2) is 9.64. The van der Waals surface area contributed by atoms with Crippen molar-refractivity contribution in [3.63, 3.8) is 0 Å². The molecule has 0 spiro atoms. The van der Waals surface area contributed by atoms with Gasteiger partial charge in [-0.3, -0.25) is 0 Å². The molecule has 0 aliphatic heterocycles. The van der Waals surface area contributed by atoms with Crippen LogP contribution in [0.1, 0.15) is 29.2 Å². The molecule has 0 amide bonds. The van der Waals surface area contributed by atoms with Crippen LogP contribution < -0.4 is 4.74 Å². The molecule has 0 aromatic heterocycles. The topological polar surface area (TPSA) is 33.0 Å². The van der Waals surface area contributed by atoms with Crippen LogP contribution in [0.3, 0.4) is 0 Å². The van der Waals surface area contributed by atoms with E-state index in [1.54, 1.807) is 12.1 Å². The summed E-state index contributed by atoms with van der Waals surface area (Å²) in [5, 5.41) is 10.9. The van der Waals surface area contributed by atoms with Crippen LogP contribution in [0.5, 0.6) is 5.75 Å². The van der Waals surface area contributed by atoms with Crippen molar-refractivity contribution in [2.75, 3.05) is 0 Å². The van der Waals surface area contributed by atoms with Gasteiger partial charge in [0.2, 0.25) is 0 Å². The van der Waals surface area contributed by atoms with Crippen LogP contribution in [0.15, 0.2) is 65.6 Å². The zero-order valence-corrected chi connectivity index (χ0v) is 17.7. The smallest absolute Gasteiger partial charge is 0.406 e. The van der Waals surface area contributed by atoms with E-state index in [1.165, 1.54) is 12.1 Å². The predicted octanol–water partition coefficient (Wildman–Crippen LogP) is 7.10. The van der Waals surface area contributed by atoms with Crippen molar-refractivity contribution >= 4 is 11.8 Å². The maximum absolute atomic E-state index is 12.3. The average Bonchev–Trinajstić information content (AvgIpc) is 2.73. The summed E-state index contributed by atoms with van der Waals surface area (Å²) in [7, 11) is 0. The summed E-state index contributed by atoms with van der Waals surface area (Å²) >= 11 is 1.13. The largest absolute Gasteiger partial charge is 0.573 e. The Hall–Kier alpha value is -3.35. The Kier molecular flexibility index (Phi) is 6.95. The van der Waals surface area contributed by atoms with Crippen molar-refractivity contribution in [1.29, 1.82) is 5.26 Å². The number of rotatable bonds is 4. The van der Waals surface area contributed by atoms with Crippen molar-refractivity contribution in [2.45, 2.75) is 31.5 Å². The van der Waals surface area contributed by atoms with Crippen LogP contribution in [-0.4, -0.2) is 6.36 Å². The molecule has 0 fully saturated rings. The fourth-order valence-corrected chi connectivity index (χ4v) is 3.52. The van der Waals surface area contributed by atoms with Crippen LogP contribution >= 0.6 is 11.8 Å². The molecule has 6 heteroatoms. The molecular weight excluding hydrogens is 419 g/mol. The standard InChI is InChI=1S/C25H18F3NOS/c1-3-19-15-22(21-9-11-23(12-10-21)30-25(26,27)28)8-7-20(19)6-4-18-5-13-24(31-16-29)17(2)14-18/h5,7-15H,3H2,1-2H3. The Morgan fingerprint density at radius 3 is 2.26 bits per heavy atom. The second-order valence-corrected chi connectivity index (χ2v) is 7.55. The first-order chi connectivity index (χ1) is 14.8. The number of nitriles is 1. The maximum atomic E-state index is 12.3. The van der Waals surface area contributed by atoms with Gasteiger partial charge in [0.15, 0.2) is 0 Å². The second-order valence-electron chi connectivity index (χ2n) is 6.72. The van der Waals surface area contributed by atoms with Crippen LogP contribution in [0.2, 0.25) is 0 Å². The van der Waals surface area contributed by atoms with E-state index in [4.69, 9.17) is 5.26 Å². The Labute approximate surface area is 183 Å². The number of alkyl halides is 3. The van der Waals surface area contributed by atoms with Gasteiger partial charge in [0.25, 0.3) is 0 Å². The van der Waals surface area contributed by atoms with Crippen molar-refractivity contribution in [3.8, 4) is 34.1 Å². The molecule has 3 rings (SSSR count). The number of thioether (sulfide) groups is 1. The summed E-state index contributed by atoms with van der Waals surface area (Å²) in [5.74, 6) is 6.13. The monoisotopic (exact) mass is 437 g/mol. The number of aryl methyl sites for hydroxylation is 2. The third-order valence-corrected chi connectivity index (χ3v) is 5.35. The molecule has 3 aromatic carbocycles. The third kappa shape index (κ3) is 6.07. The van der Waals surface area contributed by atoms with E-state index in [9.17, 15) is 13.2 Å². The minimum Gasteiger partial charge on any atom is -0.406 e. The van der Waals surface area contributed by atoms with E-state index in [1.807, 2.05) is 50.2 Å². The number of nitrogens with zero attached hydrogens (tertiary/aromatic N) is 1. The lowest BCUT2D eigenvalue weighted by molar-refractivity contribution is -0.274. The zero-order chi connectivity index (χ0) is 22.4. The highest BCUT2D eigenvalue weighted by Gasteiger charge is 2.30. The predicted molar refractivity (Wildman–Crippen MR) is 117 cm³/mol. The summed E-state index contributed by atoms with van der Waals surface area (Å²) in [6.07, 6.45) is -3.94. The van der Waals surface area contributed by atoms with E-state index >= 15 is 0 Å². The summed E-state index contributed by atoms with van der Waals surface area (Å²) in [6.45, 7) is 3.98. The molecule has 156 valence electrons. The summed E-state index contributed by atoms with van der Waals surface area (Å²) in [5.41, 5.74) is 5.51. The highest BCUT2D eigenvalue weighted by atomic mass is 32.2. The Bertz CT molecular complexity index is 1180. The van der Waals surface area contributed by atoms with Gasteiger partial charge in [-0.2, -0.15) is 5.26 Å². The van der Waals surface area contributed by atoms with Crippen LogP contribution in [0.25, 0.3) is 11.1 Å². The quantitative estimate of drug-likeness (QED) is 0.248. The van der Waals surface area contributed by atoms with Gasteiger partial charge in [-0.25, -0.2) is 0 Å². The minimum absolute atomic E-state index is 0.246. The van der Waals surface area contributed by atoms with Gasteiger partial charge < -0.3 is 4.74 Å². The lowest BCUT2D eigenvalue weighted by atomic mass is 9.97. The molecule has 0 aliphatic carbocycles. The third-order valence-electron chi connectivity index (χ3n) is 4.58. The van der Waals surface area contributed by atoms with Crippen LogP contribution in [0, 0.1) is 29.4 Å². The molecule has 0 saturated carbocycles. The highest BCUT2D eigenvalue weighted by Crippen LogP contribution is 2.28. The van der Waals surface area contributed by atoms with Crippen molar-refractivity contribution in [2.24, 2.45) is 0 Å². The van der Waals surface area contributed by atoms with Gasteiger partial charge in [-0.05, 0) is 89.8 Å². The SMILES string of the molecule is CCc1cc(-c2ccc(OC(F)(F)F)cc2)ccc1C#Cc1ccc(SC#N)c(C)c1. The van der Waals surface area contributed by atoms with E-state index in [2.05, 4.69) is 22.0 Å². The molecule has 3 aromatic rings. The molecule has 0 bridgehead atoms. The van der Waals surface area contributed by atoms with Crippen LogP contribution in [-0.2, 0) is 6.42 Å². The number of ether oxygens (including phenoxy) is 1. The van der Waals surface area contributed by atoms with Gasteiger partial charge in [0, 0.05) is 16.0 Å². The molecule has 0 N–H and O–H groups in total. The summed E-state index contributed by atoms with van der Waals surface area (Å²) < 4.78 is 40.9. The molecule has 0 unspecified atom stereocenters. The molecule has 2 nitrogen and oxygen atoms in total. The summed E-state index contributed by atoms with van der Waals surface area (Å²) in [6, 6.07) is 17.4. The molecule has 0 heterocycles. The first-order valence-electron chi connectivity index (χ1n) is 9.47. The van der Waals surface area contributed by atoms with E-state index < -0.39 is 6.36 Å². The van der Waals surface area contributed by atoms with Crippen LogP contribution in [0.4, 0.5) is 13.2 Å². The van der Waals surface area contributed by atoms with E-state index in [0.29, 0.717) is 0 Å². The minimum atomic E-state index is -4.70. The van der Waals surface area contributed by atoms with Crippen molar-refractivity contribution < 1.29 is 17.9 Å². The normalized spacial score (nSPS) is 10.7. The lowest BCUT2D eigenvalue weighted by Crippen LogP contribution is -2.16. The fourth-order valence-electron chi connectivity index (χ4n) is 3.07. The van der Waals surface area contributed by atoms with Gasteiger partial charge in [0.05, 0.1) is 0 Å². The van der Waals surface area contributed by atoms with Gasteiger partial charge in [-0.15, -0.1) is 13.2 Å². The Balaban J connectivity index is 1.84. The number of hydrogen-bond donors (Lipinski definition) is 0. The number of halogens is 3. The Morgan fingerprint density at radius 2 is 1.65 bits per heavy atom. The van der Waals surface area contributed by atoms with Crippen molar-refractivity contribution in [1.82, 2.24) is 0 Å². The molecule has 0 radical (unpaired) electrons. The summed E-state index contributed by atoms with van der Waals surface area (Å²) in [4.78, 5) is 0.915. The molecule has 0 aliphatic rings. The first-order valence-corrected chi connectivity index (χ1v) is 10.3. The van der Waals surface area contributed by atoms with E-state index in [0.717, 1.165) is 56.5 Å². The van der Waals surface area contributed by atoms with Gasteiger partial charge in [0.1, 0.15) is 11.2 Å². The maximum Gasteiger partial charge on any atom is 0.573 e. The first kappa shape index (κ1) is 22.3. The molecule has 0 saturated heterocycles. The highest BCUT2D eigenvalue weighted by molar-refractivity contribution is 8.03. The number of thiocyanates is 1. The average molecular weight is 437 g/mol. The number of hydrogen-bond acceptors (Lipinski definition) is 3. The molecular formula is C25H18F3NOS. The Morgan fingerprint density at radius 1 is 0.935 bits per heavy atom. The molecule has 0 atom stereocenters. The van der Waals surface area contributed by atoms with Gasteiger partial charge >= 0.3 is 6.36 Å². The molecule has 31 heavy (non-hydrogen) atoms.